The summed E-state index contributed by atoms with van der Waals surface area (Å²) in [4.78, 5) is -2.10. The molecule has 0 unspecified atom stereocenters. The van der Waals surface area contributed by atoms with E-state index in [9.17, 15) is 26.0 Å². The van der Waals surface area contributed by atoms with Gasteiger partial charge in [-0.05, 0) is 23.0 Å². The summed E-state index contributed by atoms with van der Waals surface area (Å²) in [5.41, 5.74) is 1.43. The van der Waals surface area contributed by atoms with Crippen LogP contribution in [-0.4, -0.2) is 13.0 Å². The molecule has 0 radical (unpaired) electrons. The average molecular weight is 406 g/mol. The largest absolute Gasteiger partial charge is 0.483 e. The minimum absolute atomic E-state index is 0.0739. The van der Waals surface area contributed by atoms with Gasteiger partial charge in [0.15, 0.2) is 22.3 Å². The summed E-state index contributed by atoms with van der Waals surface area (Å²) in [6.45, 7) is 5.71. The van der Waals surface area contributed by atoms with E-state index in [4.69, 9.17) is 9.29 Å². The number of rotatable bonds is 6. The molecule has 0 amide bonds. The van der Waals surface area contributed by atoms with E-state index in [-0.39, 0.29) is 5.41 Å². The summed E-state index contributed by atoms with van der Waals surface area (Å²) >= 11 is 0. The lowest BCUT2D eigenvalue weighted by Gasteiger charge is -2.23. The maximum Gasteiger partial charge on any atom is 0.300 e. The molecule has 0 bridgehead atoms. The summed E-state index contributed by atoms with van der Waals surface area (Å²) < 4.78 is 90.7. The minimum Gasteiger partial charge on any atom is -0.483 e. The number of hydrogen-bond acceptors (Lipinski definition) is 3. The van der Waals surface area contributed by atoms with E-state index in [0.717, 1.165) is 12.0 Å². The number of benzene rings is 2. The van der Waals surface area contributed by atoms with Crippen LogP contribution in [0.2, 0.25) is 0 Å². The van der Waals surface area contributed by atoms with Gasteiger partial charge in [-0.15, -0.1) is 0 Å². The van der Waals surface area contributed by atoms with Crippen molar-refractivity contribution in [3.8, 4) is 5.75 Å². The van der Waals surface area contributed by atoms with Gasteiger partial charge in [0.2, 0.25) is 11.6 Å². The molecule has 0 aliphatic carbocycles. The van der Waals surface area contributed by atoms with Gasteiger partial charge < -0.3 is 4.74 Å². The van der Waals surface area contributed by atoms with E-state index in [2.05, 4.69) is 0 Å². The summed E-state index contributed by atoms with van der Waals surface area (Å²) in [7, 11) is -5.50. The molecule has 0 heterocycles. The van der Waals surface area contributed by atoms with Gasteiger partial charge in [0.25, 0.3) is 0 Å². The molecule has 0 spiro atoms. The zero-order valence-corrected chi connectivity index (χ0v) is 15.6. The van der Waals surface area contributed by atoms with E-state index in [1.807, 2.05) is 20.8 Å². The fourth-order valence-corrected chi connectivity index (χ4v) is 2.99. The Morgan fingerprint density at radius 2 is 1.44 bits per heavy atom. The van der Waals surface area contributed by atoms with Crippen LogP contribution in [0.15, 0.2) is 29.2 Å². The molecule has 148 valence electrons. The van der Waals surface area contributed by atoms with Crippen molar-refractivity contribution in [2.24, 2.45) is 0 Å². The fraction of sp³-hybridized carbons (Fsp3) is 0.333. The summed E-state index contributed by atoms with van der Waals surface area (Å²) in [5, 5.41) is 0. The second kappa shape index (κ2) is 7.47. The van der Waals surface area contributed by atoms with Crippen molar-refractivity contribution in [1.29, 1.82) is 0 Å². The summed E-state index contributed by atoms with van der Waals surface area (Å²) in [6.07, 6.45) is 0.887. The molecule has 4 nitrogen and oxygen atoms in total. The van der Waals surface area contributed by atoms with Crippen molar-refractivity contribution < 1.29 is 35.3 Å². The first kappa shape index (κ1) is 21.2. The topological polar surface area (TPSA) is 63.6 Å². The molecule has 2 rings (SSSR count). The van der Waals surface area contributed by atoms with Crippen LogP contribution < -0.4 is 4.74 Å². The first-order valence-corrected chi connectivity index (χ1v) is 9.39. The zero-order chi connectivity index (χ0) is 20.6. The Labute approximate surface area is 154 Å². The molecule has 0 aliphatic rings. The lowest BCUT2D eigenvalue weighted by Crippen LogP contribution is -2.15. The summed E-state index contributed by atoms with van der Waals surface area (Å²) in [5.74, 6) is -10.0. The molecule has 0 saturated heterocycles. The van der Waals surface area contributed by atoms with Crippen LogP contribution in [0.1, 0.15) is 38.3 Å². The van der Waals surface area contributed by atoms with Crippen molar-refractivity contribution in [1.82, 2.24) is 0 Å². The molecule has 1 N–H and O–H groups in total. The number of halogens is 4. The standard InChI is InChI=1S/C18H18F4O4S/c1-4-18(2,3)11-7-5-10(6-8-11)9-26-16-12(19)14(21)17(27(23,24)25)15(22)13(16)20/h5-8H,4,9H2,1-3H3,(H,23,24,25). The van der Waals surface area contributed by atoms with Gasteiger partial charge >= 0.3 is 10.1 Å². The van der Waals surface area contributed by atoms with E-state index < -0.39 is 50.6 Å². The molecule has 0 atom stereocenters. The van der Waals surface area contributed by atoms with Crippen molar-refractivity contribution in [3.05, 3.63) is 58.7 Å². The minimum atomic E-state index is -5.50. The van der Waals surface area contributed by atoms with Crippen LogP contribution >= 0.6 is 0 Å². The van der Waals surface area contributed by atoms with Gasteiger partial charge in [-0.1, -0.05) is 45.0 Å². The second-order valence-electron chi connectivity index (χ2n) is 6.61. The summed E-state index contributed by atoms with van der Waals surface area (Å²) in [6, 6.07) is 6.89. The molecule has 0 aromatic heterocycles. The Balaban J connectivity index is 2.32. The van der Waals surface area contributed by atoms with Gasteiger partial charge in [0, 0.05) is 0 Å². The van der Waals surface area contributed by atoms with Crippen LogP contribution in [0.3, 0.4) is 0 Å². The van der Waals surface area contributed by atoms with Crippen LogP contribution in [0.5, 0.6) is 5.75 Å². The van der Waals surface area contributed by atoms with Gasteiger partial charge in [0.1, 0.15) is 6.61 Å². The molecule has 2 aromatic carbocycles. The maximum absolute atomic E-state index is 13.9. The van der Waals surface area contributed by atoms with Crippen molar-refractivity contribution in [3.63, 3.8) is 0 Å². The molecule has 0 saturated carbocycles. The van der Waals surface area contributed by atoms with E-state index in [0.29, 0.717) is 5.56 Å². The highest BCUT2D eigenvalue weighted by Crippen LogP contribution is 2.33. The van der Waals surface area contributed by atoms with Gasteiger partial charge in [0.05, 0.1) is 0 Å². The zero-order valence-electron chi connectivity index (χ0n) is 14.8. The lowest BCUT2D eigenvalue weighted by atomic mass is 9.82. The molecule has 0 fully saturated rings. The third-order valence-electron chi connectivity index (χ3n) is 4.44. The Hall–Kier alpha value is -2.13. The molecule has 2 aromatic rings. The molecular formula is C18H18F4O4S. The van der Waals surface area contributed by atoms with Gasteiger partial charge in [-0.2, -0.15) is 17.2 Å². The van der Waals surface area contributed by atoms with Gasteiger partial charge in [-0.25, -0.2) is 8.78 Å². The average Bonchev–Trinajstić information content (AvgIpc) is 2.59. The van der Waals surface area contributed by atoms with Crippen molar-refractivity contribution >= 4 is 10.1 Å². The van der Waals surface area contributed by atoms with E-state index >= 15 is 0 Å². The molecule has 9 heteroatoms. The number of ether oxygens (including phenoxy) is 1. The Morgan fingerprint density at radius 3 is 1.85 bits per heavy atom. The van der Waals surface area contributed by atoms with Crippen molar-refractivity contribution in [2.75, 3.05) is 0 Å². The van der Waals surface area contributed by atoms with E-state index in [1.54, 1.807) is 24.3 Å². The maximum atomic E-state index is 13.9. The smallest absolute Gasteiger partial charge is 0.300 e. The first-order valence-electron chi connectivity index (χ1n) is 7.95. The second-order valence-corrected chi connectivity index (χ2v) is 7.97. The van der Waals surface area contributed by atoms with E-state index in [1.165, 1.54) is 0 Å². The van der Waals surface area contributed by atoms with Crippen LogP contribution in [0.4, 0.5) is 17.6 Å². The monoisotopic (exact) mass is 406 g/mol. The predicted octanol–water partition coefficient (Wildman–Crippen LogP) is 4.76. The molecular weight excluding hydrogens is 388 g/mol. The predicted molar refractivity (Wildman–Crippen MR) is 90.2 cm³/mol. The molecule has 0 aliphatic heterocycles. The van der Waals surface area contributed by atoms with Crippen LogP contribution in [0.25, 0.3) is 0 Å². The van der Waals surface area contributed by atoms with Gasteiger partial charge in [-0.3, -0.25) is 4.55 Å². The lowest BCUT2D eigenvalue weighted by molar-refractivity contribution is 0.256. The third-order valence-corrected chi connectivity index (χ3v) is 5.32. The van der Waals surface area contributed by atoms with Crippen LogP contribution in [0, 0.1) is 23.3 Å². The highest BCUT2D eigenvalue weighted by Gasteiger charge is 2.33. The normalized spacial score (nSPS) is 12.3. The SMILES string of the molecule is CCC(C)(C)c1ccc(COc2c(F)c(F)c(S(=O)(=O)O)c(F)c2F)cc1. The quantitative estimate of drug-likeness (QED) is 0.427. The fourth-order valence-electron chi connectivity index (χ4n) is 2.36. The van der Waals surface area contributed by atoms with Crippen molar-refractivity contribution in [2.45, 2.75) is 44.1 Å². The Kier molecular flexibility index (Phi) is 5.86. The Bertz CT molecular complexity index is 925. The highest BCUT2D eigenvalue weighted by molar-refractivity contribution is 7.85. The van der Waals surface area contributed by atoms with Crippen LogP contribution in [-0.2, 0) is 22.1 Å². The first-order chi connectivity index (χ1) is 12.4. The number of hydrogen-bond donors (Lipinski definition) is 1. The third kappa shape index (κ3) is 4.24. The highest BCUT2D eigenvalue weighted by atomic mass is 32.2. The molecule has 27 heavy (non-hydrogen) atoms. The Morgan fingerprint density at radius 1 is 0.963 bits per heavy atom.